The van der Waals surface area contributed by atoms with Gasteiger partial charge in [0.25, 0.3) is 0 Å². The summed E-state index contributed by atoms with van der Waals surface area (Å²) in [4.78, 5) is 2.43. The highest BCUT2D eigenvalue weighted by molar-refractivity contribution is 5.58. The molecule has 4 atom stereocenters. The van der Waals surface area contributed by atoms with Gasteiger partial charge in [0, 0.05) is 30.1 Å². The van der Waals surface area contributed by atoms with E-state index >= 15 is 0 Å². The van der Waals surface area contributed by atoms with Gasteiger partial charge in [-0.1, -0.05) is 18.2 Å². The molecular formula is C16H19NO3. The average molecular weight is 273 g/mol. The molecule has 0 aromatic heterocycles. The van der Waals surface area contributed by atoms with Crippen LogP contribution in [0.25, 0.3) is 0 Å². The molecule has 2 N–H and O–H groups in total. The Labute approximate surface area is 118 Å². The van der Waals surface area contributed by atoms with Crippen LogP contribution in [-0.2, 0) is 12.0 Å². The van der Waals surface area contributed by atoms with Gasteiger partial charge in [-0.05, 0) is 24.5 Å². The summed E-state index contributed by atoms with van der Waals surface area (Å²) in [6, 6.07) is 4.18. The van der Waals surface area contributed by atoms with Gasteiger partial charge in [0.1, 0.15) is 0 Å². The molecule has 1 fully saturated rings. The number of aromatic hydroxyl groups is 1. The smallest absolute Gasteiger partial charge is 0.162 e. The third-order valence-corrected chi connectivity index (χ3v) is 5.21. The molecule has 1 aromatic rings. The van der Waals surface area contributed by atoms with Crippen molar-refractivity contribution in [3.05, 3.63) is 35.4 Å². The van der Waals surface area contributed by atoms with Gasteiger partial charge in [0.15, 0.2) is 11.5 Å². The standard InChI is InChI=1S/C16H19NO3/c1-20-12-3-2-10-9-17-7-6-16(14(10)15(12)19)5-4-11(18)8-13(16)17/h2-5,11,13,18-19H,6-9H2,1H3/t11-,13?,16?/m1/s1. The van der Waals surface area contributed by atoms with Gasteiger partial charge in [0.05, 0.1) is 13.2 Å². The summed E-state index contributed by atoms with van der Waals surface area (Å²) < 4.78 is 5.28. The number of rotatable bonds is 1. The predicted octanol–water partition coefficient (Wildman–Crippen LogP) is 1.55. The Balaban J connectivity index is 1.96. The second-order valence-corrected chi connectivity index (χ2v) is 6.09. The first-order valence-electron chi connectivity index (χ1n) is 7.16. The van der Waals surface area contributed by atoms with E-state index < -0.39 is 0 Å². The number of phenolic OH excluding ortho intramolecular Hbond substituents is 1. The minimum Gasteiger partial charge on any atom is -0.504 e. The van der Waals surface area contributed by atoms with E-state index in [1.165, 1.54) is 5.56 Å². The van der Waals surface area contributed by atoms with Gasteiger partial charge in [0.2, 0.25) is 0 Å². The molecule has 0 radical (unpaired) electrons. The number of hydrogen-bond donors (Lipinski definition) is 2. The molecule has 0 amide bonds. The fraction of sp³-hybridized carbons (Fsp3) is 0.500. The molecule has 4 heteroatoms. The number of aliphatic hydroxyl groups is 1. The summed E-state index contributed by atoms with van der Waals surface area (Å²) in [5.41, 5.74) is 2.03. The number of ether oxygens (including phenoxy) is 1. The van der Waals surface area contributed by atoms with Crippen molar-refractivity contribution in [2.75, 3.05) is 13.7 Å². The molecule has 3 unspecified atom stereocenters. The van der Waals surface area contributed by atoms with Crippen molar-refractivity contribution in [2.24, 2.45) is 0 Å². The lowest BCUT2D eigenvalue weighted by molar-refractivity contribution is 0.109. The highest BCUT2D eigenvalue weighted by atomic mass is 16.5. The van der Waals surface area contributed by atoms with E-state index in [0.717, 1.165) is 31.5 Å². The van der Waals surface area contributed by atoms with Crippen molar-refractivity contribution in [3.8, 4) is 11.5 Å². The third kappa shape index (κ3) is 1.38. The molecule has 106 valence electrons. The highest BCUT2D eigenvalue weighted by Gasteiger charge is 2.54. The lowest BCUT2D eigenvalue weighted by Gasteiger charge is -2.45. The lowest BCUT2D eigenvalue weighted by Crippen LogP contribution is -2.49. The Morgan fingerprint density at radius 2 is 2.25 bits per heavy atom. The summed E-state index contributed by atoms with van der Waals surface area (Å²) in [6.07, 6.45) is 5.36. The van der Waals surface area contributed by atoms with E-state index in [1.807, 2.05) is 12.1 Å². The zero-order valence-corrected chi connectivity index (χ0v) is 11.5. The Bertz CT molecular complexity index is 598. The van der Waals surface area contributed by atoms with Crippen LogP contribution in [0.4, 0.5) is 0 Å². The first kappa shape index (κ1) is 12.2. The fourth-order valence-electron chi connectivity index (χ4n) is 4.33. The second-order valence-electron chi connectivity index (χ2n) is 6.09. The van der Waals surface area contributed by atoms with Crippen LogP contribution in [0.5, 0.6) is 11.5 Å². The van der Waals surface area contributed by atoms with Crippen LogP contribution < -0.4 is 4.74 Å². The van der Waals surface area contributed by atoms with Crippen LogP contribution >= 0.6 is 0 Å². The normalized spacial score (nSPS) is 37.4. The van der Waals surface area contributed by atoms with E-state index in [4.69, 9.17) is 4.74 Å². The molecule has 1 aromatic carbocycles. The Hall–Kier alpha value is -1.52. The van der Waals surface area contributed by atoms with Crippen molar-refractivity contribution >= 4 is 0 Å². The SMILES string of the molecule is COc1ccc2c(c1O)C13C=C[C@@H](O)CC1N(CC3)C2. The Morgan fingerprint density at radius 3 is 3.05 bits per heavy atom. The maximum Gasteiger partial charge on any atom is 0.162 e. The molecular weight excluding hydrogens is 254 g/mol. The monoisotopic (exact) mass is 273 g/mol. The largest absolute Gasteiger partial charge is 0.504 e. The maximum absolute atomic E-state index is 10.6. The lowest BCUT2D eigenvalue weighted by atomic mass is 9.66. The van der Waals surface area contributed by atoms with Crippen LogP contribution in [0.1, 0.15) is 24.0 Å². The molecule has 4 nitrogen and oxygen atoms in total. The topological polar surface area (TPSA) is 52.9 Å². The summed E-state index contributed by atoms with van der Waals surface area (Å²) in [5, 5.41) is 20.5. The minimum atomic E-state index is -0.372. The minimum absolute atomic E-state index is 0.161. The number of fused-ring (bicyclic) bond motifs is 1. The van der Waals surface area contributed by atoms with Gasteiger partial charge in [-0.3, -0.25) is 4.90 Å². The number of aliphatic hydroxyl groups excluding tert-OH is 1. The predicted molar refractivity (Wildman–Crippen MR) is 74.9 cm³/mol. The summed E-state index contributed by atoms with van der Waals surface area (Å²) in [6.45, 7) is 1.86. The summed E-state index contributed by atoms with van der Waals surface area (Å²) in [5.74, 6) is 0.814. The van der Waals surface area contributed by atoms with Crippen molar-refractivity contribution < 1.29 is 14.9 Å². The van der Waals surface area contributed by atoms with Crippen molar-refractivity contribution in [1.82, 2.24) is 4.90 Å². The number of phenols is 1. The van der Waals surface area contributed by atoms with Gasteiger partial charge in [-0.2, -0.15) is 0 Å². The van der Waals surface area contributed by atoms with Crippen LogP contribution in [0, 0.1) is 0 Å². The van der Waals surface area contributed by atoms with Gasteiger partial charge < -0.3 is 14.9 Å². The molecule has 4 rings (SSSR count). The van der Waals surface area contributed by atoms with Crippen LogP contribution in [0.3, 0.4) is 0 Å². The quantitative estimate of drug-likeness (QED) is 0.762. The van der Waals surface area contributed by atoms with E-state index in [1.54, 1.807) is 7.11 Å². The molecule has 2 heterocycles. The van der Waals surface area contributed by atoms with Crippen molar-refractivity contribution in [1.29, 1.82) is 0 Å². The Morgan fingerprint density at radius 1 is 1.40 bits per heavy atom. The van der Waals surface area contributed by atoms with Gasteiger partial charge in [-0.15, -0.1) is 0 Å². The van der Waals surface area contributed by atoms with E-state index in [-0.39, 0.29) is 23.3 Å². The molecule has 0 saturated carbocycles. The zero-order chi connectivity index (χ0) is 13.9. The van der Waals surface area contributed by atoms with E-state index in [9.17, 15) is 10.2 Å². The van der Waals surface area contributed by atoms with Crippen molar-refractivity contribution in [3.63, 3.8) is 0 Å². The maximum atomic E-state index is 10.6. The molecule has 3 aliphatic rings. The first-order valence-corrected chi connectivity index (χ1v) is 7.16. The van der Waals surface area contributed by atoms with Crippen molar-refractivity contribution in [2.45, 2.75) is 36.9 Å². The first-order chi connectivity index (χ1) is 9.65. The number of methoxy groups -OCH3 is 1. The molecule has 0 spiro atoms. The molecule has 2 aliphatic heterocycles. The number of benzene rings is 1. The second kappa shape index (κ2) is 3.99. The van der Waals surface area contributed by atoms with E-state index in [2.05, 4.69) is 17.0 Å². The number of hydrogen-bond acceptors (Lipinski definition) is 4. The fourth-order valence-corrected chi connectivity index (χ4v) is 4.33. The number of nitrogens with zero attached hydrogens (tertiary/aromatic N) is 1. The summed E-state index contributed by atoms with van der Waals surface area (Å²) >= 11 is 0. The molecule has 20 heavy (non-hydrogen) atoms. The van der Waals surface area contributed by atoms with Crippen LogP contribution in [-0.4, -0.2) is 40.9 Å². The zero-order valence-electron chi connectivity index (χ0n) is 11.5. The summed E-state index contributed by atoms with van der Waals surface area (Å²) in [7, 11) is 1.58. The molecule has 2 bridgehead atoms. The average Bonchev–Trinajstić information content (AvgIpc) is 2.70. The Kier molecular flexibility index (Phi) is 2.44. The van der Waals surface area contributed by atoms with E-state index in [0.29, 0.717) is 5.75 Å². The van der Waals surface area contributed by atoms with Crippen LogP contribution in [0.2, 0.25) is 0 Å². The molecule has 1 saturated heterocycles. The molecule has 1 aliphatic carbocycles. The third-order valence-electron chi connectivity index (χ3n) is 5.21. The van der Waals surface area contributed by atoms with Gasteiger partial charge >= 0.3 is 0 Å². The van der Waals surface area contributed by atoms with Gasteiger partial charge in [-0.25, -0.2) is 0 Å². The highest BCUT2D eigenvalue weighted by Crippen LogP contribution is 2.55. The van der Waals surface area contributed by atoms with Crippen LogP contribution in [0.15, 0.2) is 24.3 Å².